The first-order valence-electron chi connectivity index (χ1n) is 14.2. The van der Waals surface area contributed by atoms with Gasteiger partial charge in [0.1, 0.15) is 18.6 Å². The van der Waals surface area contributed by atoms with E-state index in [2.05, 4.69) is 10.3 Å². The number of carbonyl (C=O) groups excluding carboxylic acids is 4. The Kier molecular flexibility index (Phi) is 12.3. The Hall–Kier alpha value is -4.19. The third-order valence-electron chi connectivity index (χ3n) is 6.69. The number of carbonyl (C=O) groups is 4. The fourth-order valence-electron chi connectivity index (χ4n) is 4.22. The highest BCUT2D eigenvalue weighted by molar-refractivity contribution is 5.96. The van der Waals surface area contributed by atoms with Gasteiger partial charge in [-0.1, -0.05) is 58.0 Å². The van der Waals surface area contributed by atoms with E-state index in [1.807, 2.05) is 30.3 Å². The van der Waals surface area contributed by atoms with Crippen LogP contribution in [-0.4, -0.2) is 74.2 Å². The molecule has 1 N–H and O–H groups in total. The summed E-state index contributed by atoms with van der Waals surface area (Å²) in [4.78, 5) is 55.4. The van der Waals surface area contributed by atoms with Crippen molar-refractivity contribution in [3.05, 3.63) is 53.9 Å². The van der Waals surface area contributed by atoms with Gasteiger partial charge in [-0.3, -0.25) is 19.2 Å². The van der Waals surface area contributed by atoms with Gasteiger partial charge >= 0.3 is 17.9 Å². The molecule has 1 amide bonds. The molecular formula is C31H40N2O10. The highest BCUT2D eigenvalue weighted by Crippen LogP contribution is 2.30. The molecule has 0 saturated carbocycles. The van der Waals surface area contributed by atoms with E-state index in [4.69, 9.17) is 28.4 Å². The predicted molar refractivity (Wildman–Crippen MR) is 153 cm³/mol. The molecule has 0 spiro atoms. The van der Waals surface area contributed by atoms with E-state index in [0.29, 0.717) is 0 Å². The highest BCUT2D eigenvalue weighted by atomic mass is 16.7. The van der Waals surface area contributed by atoms with Crippen LogP contribution in [0.4, 0.5) is 0 Å². The molecule has 1 aliphatic rings. The number of nitrogens with zero attached hydrogens (tertiary/aromatic N) is 1. The number of rotatable bonds is 11. The van der Waals surface area contributed by atoms with Crippen molar-refractivity contribution in [2.45, 2.75) is 59.3 Å². The third-order valence-corrected chi connectivity index (χ3v) is 6.69. The van der Waals surface area contributed by atoms with Gasteiger partial charge in [0.2, 0.25) is 6.79 Å². The van der Waals surface area contributed by atoms with Gasteiger partial charge in [0.25, 0.3) is 5.91 Å². The van der Waals surface area contributed by atoms with Crippen LogP contribution >= 0.6 is 0 Å². The molecule has 234 valence electrons. The summed E-state index contributed by atoms with van der Waals surface area (Å²) in [6.07, 6.45) is -0.00254. The maximum Gasteiger partial charge on any atom is 0.313 e. The Morgan fingerprint density at radius 1 is 1.02 bits per heavy atom. The Morgan fingerprint density at radius 3 is 2.37 bits per heavy atom. The molecule has 0 radical (unpaired) electrons. The van der Waals surface area contributed by atoms with E-state index in [1.54, 1.807) is 34.6 Å². The highest BCUT2D eigenvalue weighted by Gasteiger charge is 2.40. The molecule has 4 atom stereocenters. The fraction of sp³-hybridized carbons (Fsp3) is 0.516. The molecule has 1 saturated heterocycles. The van der Waals surface area contributed by atoms with Crippen LogP contribution in [0.5, 0.6) is 11.5 Å². The van der Waals surface area contributed by atoms with Crippen LogP contribution < -0.4 is 14.8 Å². The van der Waals surface area contributed by atoms with Gasteiger partial charge < -0.3 is 33.7 Å². The lowest BCUT2D eigenvalue weighted by molar-refractivity contribution is -0.171. The van der Waals surface area contributed by atoms with Crippen LogP contribution in [0, 0.1) is 17.8 Å². The summed E-state index contributed by atoms with van der Waals surface area (Å²) >= 11 is 0. The second-order valence-corrected chi connectivity index (χ2v) is 10.8. The lowest BCUT2D eigenvalue weighted by Gasteiger charge is -2.30. The smallest absolute Gasteiger partial charge is 0.313 e. The number of amides is 1. The summed E-state index contributed by atoms with van der Waals surface area (Å²) < 4.78 is 33.4. The van der Waals surface area contributed by atoms with E-state index in [1.165, 1.54) is 19.4 Å². The van der Waals surface area contributed by atoms with Crippen LogP contribution in [0.25, 0.3) is 0 Å². The minimum absolute atomic E-state index is 0.0306. The second-order valence-electron chi connectivity index (χ2n) is 10.8. The fourth-order valence-corrected chi connectivity index (χ4v) is 4.22. The average molecular weight is 601 g/mol. The topological polar surface area (TPSA) is 149 Å². The number of hydrogen-bond acceptors (Lipinski definition) is 11. The number of ether oxygens (including phenoxy) is 6. The Labute approximate surface area is 251 Å². The summed E-state index contributed by atoms with van der Waals surface area (Å²) in [6, 6.07) is 10.0. The number of hydrogen-bond donors (Lipinski definition) is 1. The first-order valence-corrected chi connectivity index (χ1v) is 14.2. The number of benzene rings is 1. The molecule has 1 aromatic heterocycles. The Balaban J connectivity index is 1.79. The molecular weight excluding hydrogens is 560 g/mol. The van der Waals surface area contributed by atoms with Gasteiger partial charge in [0.05, 0.1) is 37.7 Å². The first-order chi connectivity index (χ1) is 20.5. The second kappa shape index (κ2) is 15.9. The van der Waals surface area contributed by atoms with E-state index in [-0.39, 0.29) is 42.7 Å². The molecule has 12 heteroatoms. The van der Waals surface area contributed by atoms with Gasteiger partial charge in [-0.25, -0.2) is 4.98 Å². The Morgan fingerprint density at radius 2 is 1.72 bits per heavy atom. The monoisotopic (exact) mass is 600 g/mol. The van der Waals surface area contributed by atoms with E-state index < -0.39 is 60.7 Å². The van der Waals surface area contributed by atoms with Crippen molar-refractivity contribution in [3.63, 3.8) is 0 Å². The number of methoxy groups -OCH3 is 1. The van der Waals surface area contributed by atoms with Crippen LogP contribution in [-0.2, 0) is 39.8 Å². The summed E-state index contributed by atoms with van der Waals surface area (Å²) in [6.45, 7) is 7.76. The molecule has 1 fully saturated rings. The van der Waals surface area contributed by atoms with Crippen molar-refractivity contribution in [2.75, 3.05) is 27.1 Å². The molecule has 43 heavy (non-hydrogen) atoms. The van der Waals surface area contributed by atoms with Gasteiger partial charge in [0, 0.05) is 12.3 Å². The molecule has 3 rings (SSSR count). The van der Waals surface area contributed by atoms with Gasteiger partial charge in [-0.15, -0.1) is 0 Å². The lowest BCUT2D eigenvalue weighted by Crippen LogP contribution is -2.44. The van der Waals surface area contributed by atoms with Crippen molar-refractivity contribution in [1.29, 1.82) is 0 Å². The van der Waals surface area contributed by atoms with Crippen LogP contribution in [0.2, 0.25) is 0 Å². The summed E-state index contributed by atoms with van der Waals surface area (Å²) in [5.41, 5.74) is 0.729. The van der Waals surface area contributed by atoms with E-state index in [0.717, 1.165) is 5.56 Å². The minimum Gasteiger partial charge on any atom is -0.493 e. The minimum atomic E-state index is -0.925. The van der Waals surface area contributed by atoms with Crippen LogP contribution in [0.1, 0.15) is 50.7 Å². The predicted octanol–water partition coefficient (Wildman–Crippen LogP) is 3.11. The molecule has 0 unspecified atom stereocenters. The van der Waals surface area contributed by atoms with Gasteiger partial charge in [-0.05, 0) is 18.9 Å². The molecule has 2 aromatic rings. The summed E-state index contributed by atoms with van der Waals surface area (Å²) in [7, 11) is 1.39. The van der Waals surface area contributed by atoms with Crippen molar-refractivity contribution >= 4 is 23.8 Å². The SMILES string of the molecule is COc1ccnc(C(=O)N[C@H]2COC(=O)[C@H](Cc3ccccc3)[C@@H](OC(=O)C(C)C)[C@H](C)OC2)c1OCOC(=O)C(C)C. The largest absolute Gasteiger partial charge is 0.493 e. The van der Waals surface area contributed by atoms with Crippen LogP contribution in [0.15, 0.2) is 42.6 Å². The van der Waals surface area contributed by atoms with Crippen molar-refractivity contribution in [3.8, 4) is 11.5 Å². The number of nitrogens with one attached hydrogen (secondary N) is 1. The first kappa shape index (κ1) is 33.3. The van der Waals surface area contributed by atoms with Gasteiger partial charge in [0.15, 0.2) is 17.2 Å². The Bertz CT molecular complexity index is 1250. The summed E-state index contributed by atoms with van der Waals surface area (Å²) in [5.74, 6) is -3.65. The third kappa shape index (κ3) is 9.40. The van der Waals surface area contributed by atoms with Crippen LogP contribution in [0.3, 0.4) is 0 Å². The number of pyridine rings is 1. The zero-order valence-corrected chi connectivity index (χ0v) is 25.4. The van der Waals surface area contributed by atoms with E-state index >= 15 is 0 Å². The van der Waals surface area contributed by atoms with Crippen molar-refractivity contribution in [1.82, 2.24) is 10.3 Å². The molecule has 12 nitrogen and oxygen atoms in total. The zero-order chi connectivity index (χ0) is 31.5. The normalized spacial score (nSPS) is 20.7. The number of cyclic esters (lactones) is 1. The molecule has 0 aliphatic carbocycles. The standard InChI is InChI=1S/C31H40N2O10/c1-18(2)29(35)42-17-41-27-24(38-6)12-13-32-25(27)28(34)33-22-15-39-20(5)26(43-30(36)19(3)4)23(31(37)40-16-22)14-21-10-8-7-9-11-21/h7-13,18-20,22-23,26H,14-17H2,1-6H3,(H,33,34)/t20-,22+,23+,26-/m0/s1. The molecule has 1 aromatic carbocycles. The van der Waals surface area contributed by atoms with E-state index in [9.17, 15) is 19.2 Å². The van der Waals surface area contributed by atoms with Crippen molar-refractivity contribution < 1.29 is 47.6 Å². The number of esters is 3. The maximum atomic E-state index is 13.4. The molecule has 1 aliphatic heterocycles. The summed E-state index contributed by atoms with van der Waals surface area (Å²) in [5, 5.41) is 2.76. The van der Waals surface area contributed by atoms with Crippen molar-refractivity contribution in [2.24, 2.45) is 17.8 Å². The average Bonchev–Trinajstić information content (AvgIpc) is 3.03. The lowest BCUT2D eigenvalue weighted by atomic mass is 9.91. The molecule has 2 heterocycles. The quantitative estimate of drug-likeness (QED) is 0.230. The molecule has 0 bridgehead atoms. The van der Waals surface area contributed by atoms with Gasteiger partial charge in [-0.2, -0.15) is 0 Å². The zero-order valence-electron chi connectivity index (χ0n) is 25.4. The maximum absolute atomic E-state index is 13.4. The number of aromatic nitrogens is 1.